The largest absolute Gasteiger partial charge is 0.482 e. The van der Waals surface area contributed by atoms with Crippen LogP contribution in [-0.2, 0) is 9.59 Å². The van der Waals surface area contributed by atoms with Gasteiger partial charge in [-0.25, -0.2) is 4.39 Å². The van der Waals surface area contributed by atoms with E-state index in [1.165, 1.54) is 12.1 Å². The third kappa shape index (κ3) is 3.88. The molecule has 2 rings (SSSR count). The van der Waals surface area contributed by atoms with E-state index < -0.39 is 11.7 Å². The maximum Gasteiger partial charge on any atom is 0.260 e. The molecule has 1 saturated heterocycles. The molecule has 1 aromatic carbocycles. The molecule has 1 aromatic rings. The highest BCUT2D eigenvalue weighted by Crippen LogP contribution is 2.26. The molecule has 1 aliphatic heterocycles. The van der Waals surface area contributed by atoms with Gasteiger partial charge in [0.25, 0.3) is 5.91 Å². The van der Waals surface area contributed by atoms with Crippen molar-refractivity contribution in [1.82, 2.24) is 4.90 Å². The fourth-order valence-electron chi connectivity index (χ4n) is 2.50. The first-order chi connectivity index (χ1) is 10.4. The van der Waals surface area contributed by atoms with Gasteiger partial charge in [0.05, 0.1) is 10.9 Å². The van der Waals surface area contributed by atoms with Gasteiger partial charge in [-0.1, -0.05) is 11.6 Å². The summed E-state index contributed by atoms with van der Waals surface area (Å²) in [5.41, 5.74) is 5.31. The Morgan fingerprint density at radius 2 is 2.18 bits per heavy atom. The van der Waals surface area contributed by atoms with Crippen LogP contribution in [0.4, 0.5) is 4.39 Å². The predicted octanol–water partition coefficient (Wildman–Crippen LogP) is 1.97. The molecule has 0 radical (unpaired) electrons. The predicted molar refractivity (Wildman–Crippen MR) is 80.0 cm³/mol. The number of primary amides is 1. The molecule has 0 aliphatic carbocycles. The Bertz CT molecular complexity index is 582. The van der Waals surface area contributed by atoms with Crippen LogP contribution in [0.3, 0.4) is 0 Å². The van der Waals surface area contributed by atoms with Gasteiger partial charge in [0.2, 0.25) is 5.91 Å². The van der Waals surface area contributed by atoms with Crippen LogP contribution >= 0.6 is 11.6 Å². The van der Waals surface area contributed by atoms with Crippen molar-refractivity contribution in [2.24, 2.45) is 11.7 Å². The lowest BCUT2D eigenvalue weighted by atomic mass is 9.93. The molecule has 1 fully saturated rings. The second-order valence-corrected chi connectivity index (χ2v) is 5.84. The van der Waals surface area contributed by atoms with Crippen molar-refractivity contribution in [2.75, 3.05) is 13.2 Å². The average molecular weight is 329 g/mol. The van der Waals surface area contributed by atoms with Crippen LogP contribution < -0.4 is 10.5 Å². The van der Waals surface area contributed by atoms with Gasteiger partial charge in [-0.05, 0) is 38.0 Å². The summed E-state index contributed by atoms with van der Waals surface area (Å²) in [5, 5.41) is 0.106. The van der Waals surface area contributed by atoms with E-state index in [9.17, 15) is 14.0 Å². The molecule has 1 aliphatic rings. The van der Waals surface area contributed by atoms with E-state index >= 15 is 0 Å². The number of hydrogen-bond acceptors (Lipinski definition) is 3. The molecule has 1 heterocycles. The van der Waals surface area contributed by atoms with Crippen molar-refractivity contribution in [2.45, 2.75) is 25.8 Å². The van der Waals surface area contributed by atoms with E-state index in [1.807, 2.05) is 6.92 Å². The molecule has 0 aromatic heterocycles. The van der Waals surface area contributed by atoms with E-state index in [0.717, 1.165) is 12.5 Å². The number of nitrogens with zero attached hydrogens (tertiary/aromatic N) is 1. The maximum atomic E-state index is 12.9. The quantitative estimate of drug-likeness (QED) is 0.918. The van der Waals surface area contributed by atoms with Crippen molar-refractivity contribution in [3.05, 3.63) is 29.0 Å². The molecule has 22 heavy (non-hydrogen) atoms. The van der Waals surface area contributed by atoms with Crippen molar-refractivity contribution in [3.63, 3.8) is 0 Å². The maximum absolute atomic E-state index is 12.9. The number of benzene rings is 1. The first-order valence-corrected chi connectivity index (χ1v) is 7.43. The highest BCUT2D eigenvalue weighted by Gasteiger charge is 2.31. The SMILES string of the molecule is C[C@H]1CC[C@@H](C(N)=O)CN1C(=O)COc1ccc(F)cc1Cl. The normalized spacial score (nSPS) is 21.5. The second-order valence-electron chi connectivity index (χ2n) is 5.44. The van der Waals surface area contributed by atoms with Crippen molar-refractivity contribution in [1.29, 1.82) is 0 Å². The molecule has 0 spiro atoms. The van der Waals surface area contributed by atoms with Crippen LogP contribution in [0.25, 0.3) is 0 Å². The minimum Gasteiger partial charge on any atom is -0.482 e. The van der Waals surface area contributed by atoms with Gasteiger partial charge in [-0.15, -0.1) is 0 Å². The molecule has 120 valence electrons. The summed E-state index contributed by atoms with van der Waals surface area (Å²) in [5.74, 6) is -1.20. The zero-order chi connectivity index (χ0) is 16.3. The molecule has 5 nitrogen and oxygen atoms in total. The van der Waals surface area contributed by atoms with Crippen molar-refractivity contribution >= 4 is 23.4 Å². The number of nitrogens with two attached hydrogens (primary N) is 1. The second kappa shape index (κ2) is 6.96. The van der Waals surface area contributed by atoms with E-state index in [0.29, 0.717) is 13.0 Å². The number of carbonyl (C=O) groups excluding carboxylic acids is 2. The van der Waals surface area contributed by atoms with Gasteiger partial charge < -0.3 is 15.4 Å². The number of carbonyl (C=O) groups is 2. The zero-order valence-electron chi connectivity index (χ0n) is 12.2. The monoisotopic (exact) mass is 328 g/mol. The highest BCUT2D eigenvalue weighted by molar-refractivity contribution is 6.32. The first kappa shape index (κ1) is 16.5. The number of halogens is 2. The number of ether oxygens (including phenoxy) is 1. The zero-order valence-corrected chi connectivity index (χ0v) is 13.0. The average Bonchev–Trinajstić information content (AvgIpc) is 2.46. The number of hydrogen-bond donors (Lipinski definition) is 1. The van der Waals surface area contributed by atoms with Gasteiger partial charge in [-0.2, -0.15) is 0 Å². The number of rotatable bonds is 4. The van der Waals surface area contributed by atoms with Gasteiger partial charge in [0.1, 0.15) is 11.6 Å². The van der Waals surface area contributed by atoms with E-state index in [4.69, 9.17) is 22.1 Å². The van der Waals surface area contributed by atoms with E-state index in [-0.39, 0.29) is 35.2 Å². The Labute approximate surface area is 133 Å². The summed E-state index contributed by atoms with van der Waals surface area (Å²) in [6, 6.07) is 3.72. The van der Waals surface area contributed by atoms with Crippen LogP contribution in [0.2, 0.25) is 5.02 Å². The number of amides is 2. The van der Waals surface area contributed by atoms with Crippen molar-refractivity contribution < 1.29 is 18.7 Å². The Balaban J connectivity index is 1.97. The van der Waals surface area contributed by atoms with Crippen LogP contribution in [0.5, 0.6) is 5.75 Å². The fraction of sp³-hybridized carbons (Fsp3) is 0.467. The van der Waals surface area contributed by atoms with Crippen LogP contribution in [0.15, 0.2) is 18.2 Å². The van der Waals surface area contributed by atoms with Crippen LogP contribution in [-0.4, -0.2) is 35.9 Å². The topological polar surface area (TPSA) is 72.6 Å². The lowest BCUT2D eigenvalue weighted by Gasteiger charge is -2.36. The van der Waals surface area contributed by atoms with E-state index in [2.05, 4.69) is 0 Å². The fourth-order valence-corrected chi connectivity index (χ4v) is 2.72. The molecule has 0 saturated carbocycles. The molecule has 7 heteroatoms. The summed E-state index contributed by atoms with van der Waals surface area (Å²) in [7, 11) is 0. The van der Waals surface area contributed by atoms with Gasteiger partial charge in [0.15, 0.2) is 6.61 Å². The summed E-state index contributed by atoms with van der Waals surface area (Å²) >= 11 is 5.84. The van der Waals surface area contributed by atoms with Gasteiger partial charge >= 0.3 is 0 Å². The minimum absolute atomic E-state index is 0.0235. The number of piperidine rings is 1. The molecular weight excluding hydrogens is 311 g/mol. The Morgan fingerprint density at radius 1 is 1.45 bits per heavy atom. The van der Waals surface area contributed by atoms with Crippen molar-refractivity contribution in [3.8, 4) is 5.75 Å². The molecule has 0 unspecified atom stereocenters. The number of likely N-dealkylation sites (tertiary alicyclic amines) is 1. The third-order valence-electron chi connectivity index (χ3n) is 3.85. The Kier molecular flexibility index (Phi) is 5.24. The Morgan fingerprint density at radius 3 is 2.82 bits per heavy atom. The Hall–Kier alpha value is -1.82. The molecule has 2 atom stereocenters. The summed E-state index contributed by atoms with van der Waals surface area (Å²) < 4.78 is 18.3. The molecule has 0 bridgehead atoms. The first-order valence-electron chi connectivity index (χ1n) is 7.05. The summed E-state index contributed by atoms with van der Waals surface area (Å²) in [6.07, 6.45) is 1.40. The lowest BCUT2D eigenvalue weighted by Crippen LogP contribution is -2.50. The van der Waals surface area contributed by atoms with Crippen LogP contribution in [0, 0.1) is 11.7 Å². The minimum atomic E-state index is -0.474. The van der Waals surface area contributed by atoms with Gasteiger partial charge in [0, 0.05) is 12.6 Å². The molecule has 2 N–H and O–H groups in total. The summed E-state index contributed by atoms with van der Waals surface area (Å²) in [6.45, 7) is 2.00. The summed E-state index contributed by atoms with van der Waals surface area (Å²) in [4.78, 5) is 25.1. The standard InChI is InChI=1S/C15H18ClFN2O3/c1-9-2-3-10(15(18)21)7-19(9)14(20)8-22-13-5-4-11(17)6-12(13)16/h4-6,9-10H,2-3,7-8H2,1H3,(H2,18,21)/t9-,10+/m0/s1. The highest BCUT2D eigenvalue weighted by atomic mass is 35.5. The molecular formula is C15H18ClFN2O3. The lowest BCUT2D eigenvalue weighted by molar-refractivity contribution is -0.139. The van der Waals surface area contributed by atoms with Crippen LogP contribution in [0.1, 0.15) is 19.8 Å². The van der Waals surface area contributed by atoms with E-state index in [1.54, 1.807) is 4.90 Å². The molecule has 2 amide bonds. The smallest absolute Gasteiger partial charge is 0.260 e. The van der Waals surface area contributed by atoms with Gasteiger partial charge in [-0.3, -0.25) is 9.59 Å². The third-order valence-corrected chi connectivity index (χ3v) is 4.15.